The lowest BCUT2D eigenvalue weighted by Crippen LogP contribution is -2.51. The number of nitrogens with one attached hydrogen (secondary N) is 1. The number of aromatic nitrogens is 2. The molecule has 11 nitrogen and oxygen atoms in total. The van der Waals surface area contributed by atoms with Crippen LogP contribution in [0.15, 0.2) is 24.3 Å². The van der Waals surface area contributed by atoms with Crippen LogP contribution in [0.3, 0.4) is 0 Å². The highest BCUT2D eigenvalue weighted by molar-refractivity contribution is 7.17. The monoisotopic (exact) mass is 463 g/mol. The molecule has 0 saturated carbocycles. The number of rotatable bonds is 6. The number of halogens is 1. The van der Waals surface area contributed by atoms with Crippen LogP contribution in [0.2, 0.25) is 0 Å². The van der Waals surface area contributed by atoms with Crippen LogP contribution in [-0.2, 0) is 9.53 Å². The highest BCUT2D eigenvalue weighted by Crippen LogP contribution is 2.29. The maximum Gasteiger partial charge on any atom is 0.414 e. The molecule has 3 N–H and O–H groups in total. The van der Waals surface area contributed by atoms with Gasteiger partial charge in [-0.3, -0.25) is 14.5 Å². The largest absolute Gasteiger partial charge is 0.442 e. The summed E-state index contributed by atoms with van der Waals surface area (Å²) >= 11 is 0.968. The van der Waals surface area contributed by atoms with E-state index in [-0.39, 0.29) is 24.0 Å². The van der Waals surface area contributed by atoms with Crippen LogP contribution in [0.25, 0.3) is 0 Å². The number of ether oxygens (including phenoxy) is 1. The van der Waals surface area contributed by atoms with Crippen molar-refractivity contribution in [1.82, 2.24) is 15.5 Å². The third-order valence-electron chi connectivity index (χ3n) is 5.17. The summed E-state index contributed by atoms with van der Waals surface area (Å²) < 4.78 is 20.1. The van der Waals surface area contributed by atoms with E-state index in [4.69, 9.17) is 10.5 Å². The van der Waals surface area contributed by atoms with E-state index < -0.39 is 24.4 Å². The number of anilines is 3. The molecule has 0 radical (unpaired) electrons. The lowest BCUT2D eigenvalue weighted by Gasteiger charge is -2.38. The van der Waals surface area contributed by atoms with Gasteiger partial charge in [-0.2, -0.15) is 0 Å². The molecule has 2 fully saturated rings. The molecular weight excluding hydrogens is 441 g/mol. The van der Waals surface area contributed by atoms with Crippen LogP contribution >= 0.6 is 11.3 Å². The number of cyclic esters (lactones) is 1. The zero-order valence-corrected chi connectivity index (χ0v) is 18.0. The average Bonchev–Trinajstić information content (AvgIpc) is 3.39. The summed E-state index contributed by atoms with van der Waals surface area (Å²) in [5.74, 6) is -0.874. The van der Waals surface area contributed by atoms with Gasteiger partial charge in [-0.05, 0) is 24.3 Å². The highest BCUT2D eigenvalue weighted by atomic mass is 32.1. The molecule has 1 aromatic heterocycles. The zero-order chi connectivity index (χ0) is 22.8. The summed E-state index contributed by atoms with van der Waals surface area (Å²) in [5, 5.41) is 10.6. The number of primary amides is 1. The van der Waals surface area contributed by atoms with E-state index in [1.807, 2.05) is 17.0 Å². The Balaban J connectivity index is 1.37. The number of carbonyl (C=O) groups excluding carboxylic acids is 3. The minimum atomic E-state index is -1.33. The molecule has 2 atom stereocenters. The number of carbonyl (C=O) groups is 3. The minimum Gasteiger partial charge on any atom is -0.442 e. The standard InChI is InChI=1S/C19H22FN7O4S/c1-11(28)22-8-14-9-27(19(30)31-14)13-4-2-12(3-5-13)25-6-7-26(15(20)10-25)18-24-23-17(32-18)16(21)29/h2-5,14-15H,6-10H2,1H3,(H2,21,29)(H,22,28)/t14?,15-/m1/s1. The van der Waals surface area contributed by atoms with Gasteiger partial charge in [0, 0.05) is 31.4 Å². The van der Waals surface area contributed by atoms with E-state index in [0.29, 0.717) is 30.5 Å². The van der Waals surface area contributed by atoms with Crippen LogP contribution in [-0.4, -0.2) is 73.2 Å². The molecular formula is C19H22FN7O4S. The van der Waals surface area contributed by atoms with Gasteiger partial charge >= 0.3 is 6.09 Å². The van der Waals surface area contributed by atoms with Crippen molar-refractivity contribution in [3.05, 3.63) is 29.3 Å². The third kappa shape index (κ3) is 4.56. The van der Waals surface area contributed by atoms with Crippen molar-refractivity contribution in [3.8, 4) is 0 Å². The van der Waals surface area contributed by atoms with E-state index in [1.54, 1.807) is 12.1 Å². The minimum absolute atomic E-state index is 0.0463. The van der Waals surface area contributed by atoms with Gasteiger partial charge in [0.2, 0.25) is 16.0 Å². The molecule has 2 aliphatic heterocycles. The van der Waals surface area contributed by atoms with Gasteiger partial charge in [0.05, 0.1) is 19.6 Å². The van der Waals surface area contributed by atoms with Crippen molar-refractivity contribution in [2.75, 3.05) is 47.4 Å². The molecule has 3 amide bonds. The quantitative estimate of drug-likeness (QED) is 0.599. The number of piperazine rings is 1. The number of nitrogens with two attached hydrogens (primary N) is 1. The maximum absolute atomic E-state index is 14.8. The predicted molar refractivity (Wildman–Crippen MR) is 116 cm³/mol. The van der Waals surface area contributed by atoms with Crippen molar-refractivity contribution in [1.29, 1.82) is 0 Å². The summed E-state index contributed by atoms with van der Waals surface area (Å²) in [4.78, 5) is 39.3. The van der Waals surface area contributed by atoms with Crippen LogP contribution < -0.4 is 25.8 Å². The zero-order valence-electron chi connectivity index (χ0n) is 17.2. The molecule has 2 saturated heterocycles. The van der Waals surface area contributed by atoms with Crippen molar-refractivity contribution < 1.29 is 23.5 Å². The summed E-state index contributed by atoms with van der Waals surface area (Å²) in [7, 11) is 0. The molecule has 0 spiro atoms. The SMILES string of the molecule is CC(=O)NCC1CN(c2ccc(N3CCN(c4nnc(C(N)=O)s4)[C@@H](F)C3)cc2)C(=O)O1. The van der Waals surface area contributed by atoms with E-state index in [9.17, 15) is 18.8 Å². The lowest BCUT2D eigenvalue weighted by atomic mass is 10.2. The Labute approximate surface area is 186 Å². The summed E-state index contributed by atoms with van der Waals surface area (Å²) in [6.45, 7) is 3.00. The summed E-state index contributed by atoms with van der Waals surface area (Å²) in [6, 6.07) is 7.20. The van der Waals surface area contributed by atoms with Crippen molar-refractivity contribution in [3.63, 3.8) is 0 Å². The highest BCUT2D eigenvalue weighted by Gasteiger charge is 2.33. The van der Waals surface area contributed by atoms with Crippen LogP contribution in [0.5, 0.6) is 0 Å². The Kier molecular flexibility index (Phi) is 6.08. The number of amides is 3. The average molecular weight is 463 g/mol. The maximum atomic E-state index is 14.8. The molecule has 3 heterocycles. The summed E-state index contributed by atoms with van der Waals surface area (Å²) in [6.07, 6.45) is -2.22. The smallest absolute Gasteiger partial charge is 0.414 e. The molecule has 0 aliphatic carbocycles. The topological polar surface area (TPSA) is 134 Å². The Hall–Kier alpha value is -3.48. The van der Waals surface area contributed by atoms with Gasteiger partial charge in [-0.15, -0.1) is 10.2 Å². The summed E-state index contributed by atoms with van der Waals surface area (Å²) in [5.41, 5.74) is 6.66. The van der Waals surface area contributed by atoms with E-state index in [0.717, 1.165) is 17.0 Å². The molecule has 32 heavy (non-hydrogen) atoms. The van der Waals surface area contributed by atoms with Crippen molar-refractivity contribution >= 4 is 45.8 Å². The first-order valence-electron chi connectivity index (χ1n) is 9.93. The van der Waals surface area contributed by atoms with Crippen LogP contribution in [0.1, 0.15) is 16.7 Å². The predicted octanol–water partition coefficient (Wildman–Crippen LogP) is 0.720. The van der Waals surface area contributed by atoms with Crippen molar-refractivity contribution in [2.45, 2.75) is 19.3 Å². The molecule has 170 valence electrons. The van der Waals surface area contributed by atoms with Crippen LogP contribution in [0.4, 0.5) is 25.7 Å². The molecule has 1 aromatic carbocycles. The second-order valence-corrected chi connectivity index (χ2v) is 8.35. The van der Waals surface area contributed by atoms with Gasteiger partial charge in [-0.1, -0.05) is 11.3 Å². The van der Waals surface area contributed by atoms with E-state index >= 15 is 0 Å². The Morgan fingerprint density at radius 2 is 1.94 bits per heavy atom. The Bertz CT molecular complexity index is 1020. The van der Waals surface area contributed by atoms with Gasteiger partial charge in [0.25, 0.3) is 5.91 Å². The molecule has 2 aromatic rings. The van der Waals surface area contributed by atoms with Gasteiger partial charge < -0.3 is 25.6 Å². The third-order valence-corrected chi connectivity index (χ3v) is 6.15. The van der Waals surface area contributed by atoms with E-state index in [1.165, 1.54) is 16.7 Å². The van der Waals surface area contributed by atoms with E-state index in [2.05, 4.69) is 15.5 Å². The van der Waals surface area contributed by atoms with Gasteiger partial charge in [0.1, 0.15) is 6.10 Å². The van der Waals surface area contributed by atoms with Gasteiger partial charge in [0.15, 0.2) is 6.30 Å². The molecule has 0 bridgehead atoms. The second-order valence-electron chi connectivity index (χ2n) is 7.40. The first-order chi connectivity index (χ1) is 15.3. The second kappa shape index (κ2) is 8.94. The first kappa shape index (κ1) is 21.7. The number of nitrogens with zero attached hydrogens (tertiary/aromatic N) is 5. The fraction of sp³-hybridized carbons (Fsp3) is 0.421. The fourth-order valence-electron chi connectivity index (χ4n) is 3.56. The molecule has 4 rings (SSSR count). The van der Waals surface area contributed by atoms with Crippen molar-refractivity contribution in [2.24, 2.45) is 5.73 Å². The number of benzene rings is 1. The number of hydrogen-bond acceptors (Lipinski definition) is 9. The normalized spacial score (nSPS) is 20.9. The molecule has 1 unspecified atom stereocenters. The molecule has 13 heteroatoms. The Morgan fingerprint density at radius 3 is 2.56 bits per heavy atom. The first-order valence-corrected chi connectivity index (χ1v) is 10.7. The number of hydrogen-bond donors (Lipinski definition) is 2. The fourth-order valence-corrected chi connectivity index (χ4v) is 4.32. The molecule has 2 aliphatic rings. The van der Waals surface area contributed by atoms with Gasteiger partial charge in [-0.25, -0.2) is 9.18 Å². The number of alkyl halides is 1. The van der Waals surface area contributed by atoms with Crippen LogP contribution in [0, 0.1) is 0 Å². The lowest BCUT2D eigenvalue weighted by molar-refractivity contribution is -0.119. The Morgan fingerprint density at radius 1 is 1.22 bits per heavy atom.